The molecule has 0 fully saturated rings. The van der Waals surface area contributed by atoms with E-state index in [1.54, 1.807) is 6.92 Å². The van der Waals surface area contributed by atoms with Crippen molar-refractivity contribution in [2.45, 2.75) is 26.7 Å². The summed E-state index contributed by atoms with van der Waals surface area (Å²) in [7, 11) is 0. The zero-order valence-corrected chi connectivity index (χ0v) is 13.1. The zero-order chi connectivity index (χ0) is 16.4. The number of rotatable bonds is 4. The highest BCUT2D eigenvalue weighted by molar-refractivity contribution is 5.93. The van der Waals surface area contributed by atoms with E-state index in [9.17, 15) is 9.59 Å². The second-order valence-corrected chi connectivity index (χ2v) is 5.24. The first-order chi connectivity index (χ1) is 11.2. The van der Waals surface area contributed by atoms with Gasteiger partial charge in [0.2, 0.25) is 0 Å². The fourth-order valence-corrected chi connectivity index (χ4v) is 2.56. The Morgan fingerprint density at radius 2 is 2.09 bits per heavy atom. The number of nitrogens with zero attached hydrogens (tertiary/aromatic N) is 3. The summed E-state index contributed by atoms with van der Waals surface area (Å²) in [6, 6.07) is 5.95. The lowest BCUT2D eigenvalue weighted by Gasteiger charge is -2.07. The third-order valence-corrected chi connectivity index (χ3v) is 3.64. The monoisotopic (exact) mass is 311 g/mol. The molecule has 3 aromatic rings. The van der Waals surface area contributed by atoms with Gasteiger partial charge in [-0.15, -0.1) is 0 Å². The molecular weight excluding hydrogens is 294 g/mol. The molecule has 2 aromatic heterocycles. The van der Waals surface area contributed by atoms with E-state index in [0.29, 0.717) is 5.65 Å². The molecular formula is C17H17N3O3. The molecule has 0 aliphatic carbocycles. The number of carbonyl (C=O) groups is 1. The molecule has 0 saturated heterocycles. The minimum atomic E-state index is -0.667. The molecule has 0 radical (unpaired) electrons. The van der Waals surface area contributed by atoms with Crippen molar-refractivity contribution in [3.63, 3.8) is 0 Å². The highest BCUT2D eigenvalue weighted by Crippen LogP contribution is 2.18. The van der Waals surface area contributed by atoms with Crippen molar-refractivity contribution in [3.8, 4) is 0 Å². The third-order valence-electron chi connectivity index (χ3n) is 3.64. The van der Waals surface area contributed by atoms with Crippen LogP contribution in [0.15, 0.2) is 35.5 Å². The molecule has 0 aliphatic heterocycles. The maximum absolute atomic E-state index is 12.5. The van der Waals surface area contributed by atoms with E-state index >= 15 is 0 Å². The van der Waals surface area contributed by atoms with Gasteiger partial charge in [0.25, 0.3) is 5.56 Å². The summed E-state index contributed by atoms with van der Waals surface area (Å²) < 4.78 is 6.18. The first-order valence-electron chi connectivity index (χ1n) is 7.61. The summed E-state index contributed by atoms with van der Waals surface area (Å²) in [6.45, 7) is 4.01. The van der Waals surface area contributed by atoms with Gasteiger partial charge in [0.15, 0.2) is 0 Å². The SMILES string of the molecule is CCCc1ccc2ncn3c(=O)c(C(=O)OCC)cnc3c2c1. The Labute approximate surface area is 132 Å². The molecule has 6 nitrogen and oxygen atoms in total. The number of fused-ring (bicyclic) bond motifs is 3. The lowest BCUT2D eigenvalue weighted by molar-refractivity contribution is 0.0523. The minimum Gasteiger partial charge on any atom is -0.462 e. The summed E-state index contributed by atoms with van der Waals surface area (Å²) in [5.41, 5.74) is 1.87. The van der Waals surface area contributed by atoms with E-state index < -0.39 is 11.5 Å². The summed E-state index contributed by atoms with van der Waals surface area (Å²) in [5.74, 6) is -0.667. The third kappa shape index (κ3) is 2.67. The molecule has 0 saturated carbocycles. The number of esters is 1. The Balaban J connectivity index is 2.25. The van der Waals surface area contributed by atoms with Gasteiger partial charge in [-0.2, -0.15) is 0 Å². The first kappa shape index (κ1) is 15.1. The predicted octanol–water partition coefficient (Wildman–Crippen LogP) is 2.37. The van der Waals surface area contributed by atoms with Crippen LogP contribution in [0.2, 0.25) is 0 Å². The largest absolute Gasteiger partial charge is 0.462 e. The number of benzene rings is 1. The molecule has 0 N–H and O–H groups in total. The molecule has 2 heterocycles. The van der Waals surface area contributed by atoms with Gasteiger partial charge in [-0.25, -0.2) is 19.2 Å². The van der Waals surface area contributed by atoms with Crippen LogP contribution in [-0.2, 0) is 11.2 Å². The molecule has 118 valence electrons. The van der Waals surface area contributed by atoms with Crippen molar-refractivity contribution in [1.29, 1.82) is 0 Å². The molecule has 0 aliphatic rings. The van der Waals surface area contributed by atoms with Crippen LogP contribution in [0.25, 0.3) is 16.6 Å². The van der Waals surface area contributed by atoms with Gasteiger partial charge in [-0.05, 0) is 31.0 Å². The van der Waals surface area contributed by atoms with Gasteiger partial charge >= 0.3 is 5.97 Å². The van der Waals surface area contributed by atoms with Crippen molar-refractivity contribution in [2.24, 2.45) is 0 Å². The van der Waals surface area contributed by atoms with E-state index in [1.807, 2.05) is 18.2 Å². The van der Waals surface area contributed by atoms with Crippen LogP contribution in [-0.4, -0.2) is 26.9 Å². The van der Waals surface area contributed by atoms with Gasteiger partial charge in [-0.3, -0.25) is 4.79 Å². The number of hydrogen-bond donors (Lipinski definition) is 0. The maximum Gasteiger partial charge on any atom is 0.345 e. The molecule has 3 rings (SSSR count). The van der Waals surface area contributed by atoms with Crippen molar-refractivity contribution < 1.29 is 9.53 Å². The number of ether oxygens (including phenoxy) is 1. The van der Waals surface area contributed by atoms with Gasteiger partial charge in [0.05, 0.1) is 12.1 Å². The van der Waals surface area contributed by atoms with E-state index in [0.717, 1.165) is 23.7 Å². The van der Waals surface area contributed by atoms with E-state index in [-0.39, 0.29) is 12.2 Å². The second kappa shape index (κ2) is 6.16. The molecule has 1 aromatic carbocycles. The van der Waals surface area contributed by atoms with E-state index in [4.69, 9.17) is 4.74 Å². The maximum atomic E-state index is 12.5. The molecule has 6 heteroatoms. The molecule has 0 spiro atoms. The summed E-state index contributed by atoms with van der Waals surface area (Å²) in [5, 5.41) is 0.797. The standard InChI is InChI=1S/C17H17N3O3/c1-3-5-11-6-7-14-12(8-11)15-18-9-13(17(22)23-4-2)16(21)20(15)10-19-14/h6-10H,3-5H2,1-2H3. The van der Waals surface area contributed by atoms with Gasteiger partial charge in [-0.1, -0.05) is 19.4 Å². The van der Waals surface area contributed by atoms with E-state index in [1.165, 1.54) is 22.5 Å². The number of aryl methyl sites for hydroxylation is 1. The van der Waals surface area contributed by atoms with Crippen LogP contribution in [0.4, 0.5) is 0 Å². The van der Waals surface area contributed by atoms with E-state index in [2.05, 4.69) is 16.9 Å². The van der Waals surface area contributed by atoms with Crippen molar-refractivity contribution >= 4 is 22.5 Å². The highest BCUT2D eigenvalue weighted by atomic mass is 16.5. The molecule has 23 heavy (non-hydrogen) atoms. The fourth-order valence-electron chi connectivity index (χ4n) is 2.56. The van der Waals surface area contributed by atoms with Crippen molar-refractivity contribution in [1.82, 2.24) is 14.4 Å². The Kier molecular flexibility index (Phi) is 4.06. The van der Waals surface area contributed by atoms with Gasteiger partial charge < -0.3 is 4.74 Å². The average molecular weight is 311 g/mol. The fraction of sp³-hybridized carbons (Fsp3) is 0.294. The van der Waals surface area contributed by atoms with Crippen LogP contribution in [0.5, 0.6) is 0 Å². The van der Waals surface area contributed by atoms with Crippen molar-refractivity contribution in [3.05, 3.63) is 52.2 Å². The zero-order valence-electron chi connectivity index (χ0n) is 13.1. The minimum absolute atomic E-state index is 0.0878. The molecule has 0 bridgehead atoms. The van der Waals surface area contributed by atoms with Crippen LogP contribution >= 0.6 is 0 Å². The topological polar surface area (TPSA) is 73.6 Å². The number of carbonyl (C=O) groups excluding carboxylic acids is 1. The van der Waals surface area contributed by atoms with Gasteiger partial charge in [0.1, 0.15) is 17.5 Å². The van der Waals surface area contributed by atoms with Crippen LogP contribution in [0, 0.1) is 0 Å². The lowest BCUT2D eigenvalue weighted by atomic mass is 10.1. The normalized spacial score (nSPS) is 11.0. The van der Waals surface area contributed by atoms with Crippen LogP contribution in [0.1, 0.15) is 36.2 Å². The smallest absolute Gasteiger partial charge is 0.345 e. The van der Waals surface area contributed by atoms with Crippen molar-refractivity contribution in [2.75, 3.05) is 6.61 Å². The van der Waals surface area contributed by atoms with Gasteiger partial charge in [0, 0.05) is 11.6 Å². The quantitative estimate of drug-likeness (QED) is 0.546. The number of aromatic nitrogens is 3. The van der Waals surface area contributed by atoms with Crippen LogP contribution in [0.3, 0.4) is 0 Å². The highest BCUT2D eigenvalue weighted by Gasteiger charge is 2.15. The van der Waals surface area contributed by atoms with Crippen LogP contribution < -0.4 is 5.56 Å². The second-order valence-electron chi connectivity index (χ2n) is 5.24. The number of hydrogen-bond acceptors (Lipinski definition) is 5. The molecule has 0 unspecified atom stereocenters. The summed E-state index contributed by atoms with van der Waals surface area (Å²) in [6.07, 6.45) is 4.66. The summed E-state index contributed by atoms with van der Waals surface area (Å²) >= 11 is 0. The first-order valence-corrected chi connectivity index (χ1v) is 7.61. The Bertz CT molecular complexity index is 947. The Morgan fingerprint density at radius 3 is 2.83 bits per heavy atom. The predicted molar refractivity (Wildman–Crippen MR) is 86.7 cm³/mol. The summed E-state index contributed by atoms with van der Waals surface area (Å²) in [4.78, 5) is 32.9. The molecule has 0 atom stereocenters. The Hall–Kier alpha value is -2.76. The Morgan fingerprint density at radius 1 is 1.26 bits per heavy atom. The lowest BCUT2D eigenvalue weighted by Crippen LogP contribution is -2.24. The average Bonchev–Trinajstić information content (AvgIpc) is 2.55. The molecule has 0 amide bonds.